The van der Waals surface area contributed by atoms with Crippen LogP contribution in [0.1, 0.15) is 51.2 Å². The topological polar surface area (TPSA) is 40.5 Å². The third-order valence-electron chi connectivity index (χ3n) is 3.38. The maximum absolute atomic E-state index is 10.7. The number of carboxylic acid groups (broad SMARTS) is 1. The van der Waals surface area contributed by atoms with E-state index < -0.39 is 5.97 Å². The molecule has 19 heavy (non-hydrogen) atoms. The molecular formula is C16H25NO2. The molecule has 0 bridgehead atoms. The van der Waals surface area contributed by atoms with Gasteiger partial charge in [0.05, 0.1) is 6.42 Å². The van der Waals surface area contributed by atoms with Crippen molar-refractivity contribution in [1.29, 1.82) is 0 Å². The van der Waals surface area contributed by atoms with Crippen LogP contribution in [0.3, 0.4) is 0 Å². The third-order valence-corrected chi connectivity index (χ3v) is 3.38. The first-order valence-electron chi connectivity index (χ1n) is 6.94. The smallest absolute Gasteiger partial charge is 0.304 e. The summed E-state index contributed by atoms with van der Waals surface area (Å²) in [6.07, 6.45) is 0.197. The van der Waals surface area contributed by atoms with E-state index in [0.717, 1.165) is 6.54 Å². The van der Waals surface area contributed by atoms with E-state index >= 15 is 0 Å². The van der Waals surface area contributed by atoms with Gasteiger partial charge in [-0.25, -0.2) is 0 Å². The number of carboxylic acids is 1. The second kappa shape index (κ2) is 7.29. The molecule has 0 unspecified atom stereocenters. The molecule has 1 aromatic rings. The summed E-state index contributed by atoms with van der Waals surface area (Å²) in [5.74, 6) is -0.192. The normalized spacial score (nSPS) is 11.5. The molecule has 0 spiro atoms. The molecule has 0 aliphatic carbocycles. The van der Waals surface area contributed by atoms with Crippen molar-refractivity contribution in [3.05, 3.63) is 35.4 Å². The summed E-state index contributed by atoms with van der Waals surface area (Å²) in [4.78, 5) is 12.9. The maximum Gasteiger partial charge on any atom is 0.304 e. The summed E-state index contributed by atoms with van der Waals surface area (Å²) >= 11 is 0. The van der Waals surface area contributed by atoms with Crippen molar-refractivity contribution in [2.24, 2.45) is 0 Å². The van der Waals surface area contributed by atoms with Crippen molar-refractivity contribution in [2.75, 3.05) is 6.54 Å². The second-order valence-electron chi connectivity index (χ2n) is 5.60. The lowest BCUT2D eigenvalue weighted by Gasteiger charge is -2.26. The number of nitrogens with zero attached hydrogens (tertiary/aromatic N) is 1. The highest BCUT2D eigenvalue weighted by atomic mass is 16.4. The summed E-state index contributed by atoms with van der Waals surface area (Å²) in [5.41, 5.74) is 2.58. The Morgan fingerprint density at radius 2 is 1.74 bits per heavy atom. The van der Waals surface area contributed by atoms with Crippen LogP contribution in [0.25, 0.3) is 0 Å². The van der Waals surface area contributed by atoms with Gasteiger partial charge < -0.3 is 5.11 Å². The summed E-state index contributed by atoms with van der Waals surface area (Å²) in [6.45, 7) is 9.97. The van der Waals surface area contributed by atoms with Gasteiger partial charge in [-0.2, -0.15) is 0 Å². The minimum Gasteiger partial charge on any atom is -0.481 e. The van der Waals surface area contributed by atoms with E-state index in [-0.39, 0.29) is 6.42 Å². The number of rotatable bonds is 7. The molecule has 1 aromatic carbocycles. The fourth-order valence-electron chi connectivity index (χ4n) is 2.00. The van der Waals surface area contributed by atoms with E-state index in [1.54, 1.807) is 0 Å². The number of aliphatic carboxylic acids is 1. The highest BCUT2D eigenvalue weighted by molar-refractivity contribution is 5.66. The zero-order valence-electron chi connectivity index (χ0n) is 12.4. The van der Waals surface area contributed by atoms with Gasteiger partial charge in [-0.1, -0.05) is 38.1 Å². The quantitative estimate of drug-likeness (QED) is 0.818. The van der Waals surface area contributed by atoms with Crippen molar-refractivity contribution in [3.63, 3.8) is 0 Å². The minimum atomic E-state index is -0.735. The van der Waals surface area contributed by atoms with Crippen LogP contribution < -0.4 is 0 Å². The Morgan fingerprint density at radius 1 is 1.16 bits per heavy atom. The minimum absolute atomic E-state index is 0.197. The zero-order valence-corrected chi connectivity index (χ0v) is 12.4. The lowest BCUT2D eigenvalue weighted by molar-refractivity contribution is -0.137. The van der Waals surface area contributed by atoms with E-state index in [9.17, 15) is 4.79 Å². The zero-order chi connectivity index (χ0) is 14.4. The fraction of sp³-hybridized carbons (Fsp3) is 0.562. The summed E-state index contributed by atoms with van der Waals surface area (Å²) in [5, 5.41) is 8.78. The summed E-state index contributed by atoms with van der Waals surface area (Å²) in [6, 6.07) is 8.96. The van der Waals surface area contributed by atoms with Crippen LogP contribution in [-0.2, 0) is 11.3 Å². The largest absolute Gasteiger partial charge is 0.481 e. The Kier molecular flexibility index (Phi) is 6.03. The molecule has 1 N–H and O–H groups in total. The first-order chi connectivity index (χ1) is 8.90. The Hall–Kier alpha value is -1.35. The van der Waals surface area contributed by atoms with Gasteiger partial charge in [-0.15, -0.1) is 0 Å². The average Bonchev–Trinajstić information content (AvgIpc) is 2.34. The average molecular weight is 263 g/mol. The molecular weight excluding hydrogens is 238 g/mol. The first kappa shape index (κ1) is 15.7. The maximum atomic E-state index is 10.7. The molecule has 0 aromatic heterocycles. The van der Waals surface area contributed by atoms with Crippen LogP contribution in [-0.4, -0.2) is 28.6 Å². The van der Waals surface area contributed by atoms with Gasteiger partial charge in [-0.05, 0) is 30.9 Å². The van der Waals surface area contributed by atoms with Crippen LogP contribution in [0.2, 0.25) is 0 Å². The fourth-order valence-corrected chi connectivity index (χ4v) is 2.00. The van der Waals surface area contributed by atoms with Crippen LogP contribution in [0.5, 0.6) is 0 Å². The van der Waals surface area contributed by atoms with E-state index in [1.807, 2.05) is 0 Å². The number of hydrogen-bond donors (Lipinski definition) is 1. The van der Waals surface area contributed by atoms with Crippen LogP contribution in [0, 0.1) is 0 Å². The molecule has 106 valence electrons. The third kappa shape index (κ3) is 5.43. The Balaban J connectivity index is 2.65. The van der Waals surface area contributed by atoms with Crippen molar-refractivity contribution < 1.29 is 9.90 Å². The molecule has 1 rings (SSSR count). The first-order valence-corrected chi connectivity index (χ1v) is 6.94. The van der Waals surface area contributed by atoms with Gasteiger partial charge in [-0.3, -0.25) is 9.69 Å². The van der Waals surface area contributed by atoms with Gasteiger partial charge >= 0.3 is 5.97 Å². The molecule has 0 heterocycles. The molecule has 0 radical (unpaired) electrons. The summed E-state index contributed by atoms with van der Waals surface area (Å²) < 4.78 is 0. The number of benzene rings is 1. The van der Waals surface area contributed by atoms with Gasteiger partial charge in [0.1, 0.15) is 0 Å². The Labute approximate surface area is 116 Å². The Bertz CT molecular complexity index is 396. The Morgan fingerprint density at radius 3 is 2.16 bits per heavy atom. The van der Waals surface area contributed by atoms with E-state index in [0.29, 0.717) is 18.5 Å². The second-order valence-corrected chi connectivity index (χ2v) is 5.60. The lowest BCUT2D eigenvalue weighted by Crippen LogP contribution is -2.32. The predicted molar refractivity (Wildman–Crippen MR) is 78.3 cm³/mol. The number of hydrogen-bond acceptors (Lipinski definition) is 2. The molecule has 0 atom stereocenters. The number of carbonyl (C=O) groups is 1. The molecule has 0 saturated heterocycles. The highest BCUT2D eigenvalue weighted by Crippen LogP contribution is 2.16. The molecule has 0 amide bonds. The predicted octanol–water partition coefficient (Wildman–Crippen LogP) is 3.50. The van der Waals surface area contributed by atoms with Gasteiger partial charge in [0, 0.05) is 19.1 Å². The van der Waals surface area contributed by atoms with Crippen LogP contribution in [0.15, 0.2) is 24.3 Å². The molecule has 3 heteroatoms. The monoisotopic (exact) mass is 263 g/mol. The molecule has 3 nitrogen and oxygen atoms in total. The lowest BCUT2D eigenvalue weighted by atomic mass is 10.0. The van der Waals surface area contributed by atoms with Gasteiger partial charge in [0.2, 0.25) is 0 Å². The summed E-state index contributed by atoms with van der Waals surface area (Å²) in [7, 11) is 0. The SMILES string of the molecule is CC(C)c1ccc(CN(CCC(=O)O)C(C)C)cc1. The van der Waals surface area contributed by atoms with E-state index in [4.69, 9.17) is 5.11 Å². The standard InChI is InChI=1S/C16H25NO2/c1-12(2)15-7-5-14(6-8-15)11-17(13(3)4)10-9-16(18)19/h5-8,12-13H,9-11H2,1-4H3,(H,18,19). The molecule has 0 fully saturated rings. The van der Waals surface area contributed by atoms with Crippen molar-refractivity contribution in [1.82, 2.24) is 4.90 Å². The molecule has 0 saturated carbocycles. The van der Waals surface area contributed by atoms with Gasteiger partial charge in [0.15, 0.2) is 0 Å². The molecule has 0 aliphatic heterocycles. The van der Waals surface area contributed by atoms with Crippen molar-refractivity contribution in [2.45, 2.75) is 52.6 Å². The van der Waals surface area contributed by atoms with Gasteiger partial charge in [0.25, 0.3) is 0 Å². The molecule has 0 aliphatic rings. The van der Waals surface area contributed by atoms with Crippen LogP contribution in [0.4, 0.5) is 0 Å². The van der Waals surface area contributed by atoms with E-state index in [2.05, 4.69) is 56.9 Å². The van der Waals surface area contributed by atoms with E-state index in [1.165, 1.54) is 11.1 Å². The van der Waals surface area contributed by atoms with Crippen LogP contribution >= 0.6 is 0 Å². The highest BCUT2D eigenvalue weighted by Gasteiger charge is 2.12. The van der Waals surface area contributed by atoms with Crippen molar-refractivity contribution >= 4 is 5.97 Å². The van der Waals surface area contributed by atoms with Crippen molar-refractivity contribution in [3.8, 4) is 0 Å².